The molecule has 4 heteroatoms. The number of rotatable bonds is 4. The van der Waals surface area contributed by atoms with Gasteiger partial charge in [-0.2, -0.15) is 0 Å². The van der Waals surface area contributed by atoms with Gasteiger partial charge >= 0.3 is 5.97 Å². The number of carboxylic acids is 1. The summed E-state index contributed by atoms with van der Waals surface area (Å²) in [5, 5.41) is 8.68. The Balaban J connectivity index is 2.22. The molecule has 0 aliphatic heterocycles. The molecule has 1 heterocycles. The van der Waals surface area contributed by atoms with E-state index in [0.29, 0.717) is 6.42 Å². The number of hydrogen-bond donors (Lipinski definition) is 2. The number of nitrogens with one attached hydrogen (secondary N) is 1. The number of aryl methyl sites for hydroxylation is 3. The Morgan fingerprint density at radius 2 is 1.94 bits per heavy atom. The summed E-state index contributed by atoms with van der Waals surface area (Å²) in [7, 11) is 0. The van der Waals surface area contributed by atoms with Crippen molar-refractivity contribution >= 4 is 5.97 Å². The number of H-pyrrole nitrogens is 1. The molecule has 0 unspecified atom stereocenters. The van der Waals surface area contributed by atoms with Gasteiger partial charge in [-0.05, 0) is 13.8 Å². The minimum atomic E-state index is -0.797. The fourth-order valence-corrected chi connectivity index (χ4v) is 1.81. The van der Waals surface area contributed by atoms with E-state index in [9.17, 15) is 4.79 Å². The lowest BCUT2D eigenvalue weighted by atomic mass is 10.1. The second-order valence-electron chi connectivity index (χ2n) is 4.42. The Hall–Kier alpha value is -2.10. The highest BCUT2D eigenvalue weighted by atomic mass is 16.4. The summed E-state index contributed by atoms with van der Waals surface area (Å²) in [5.41, 5.74) is 3.98. The lowest BCUT2D eigenvalue weighted by Gasteiger charge is -1.97. The molecule has 0 bridgehead atoms. The first-order valence-electron chi connectivity index (χ1n) is 5.90. The normalized spacial score (nSPS) is 10.6. The maximum atomic E-state index is 10.6. The van der Waals surface area contributed by atoms with Gasteiger partial charge in [-0.1, -0.05) is 29.8 Å². The molecule has 2 aromatic rings. The van der Waals surface area contributed by atoms with Crippen molar-refractivity contribution in [2.45, 2.75) is 26.7 Å². The van der Waals surface area contributed by atoms with Crippen molar-refractivity contribution in [2.24, 2.45) is 0 Å². The predicted octanol–water partition coefficient (Wildman–Crippen LogP) is 2.71. The van der Waals surface area contributed by atoms with Crippen LogP contribution < -0.4 is 0 Å². The number of hydrogen-bond acceptors (Lipinski definition) is 2. The minimum Gasteiger partial charge on any atom is -0.481 e. The van der Waals surface area contributed by atoms with Gasteiger partial charge in [-0.3, -0.25) is 4.79 Å². The van der Waals surface area contributed by atoms with E-state index in [0.717, 1.165) is 22.8 Å². The van der Waals surface area contributed by atoms with E-state index in [4.69, 9.17) is 5.11 Å². The molecule has 94 valence electrons. The van der Waals surface area contributed by atoms with E-state index < -0.39 is 5.97 Å². The number of carbonyl (C=O) groups is 1. The van der Waals surface area contributed by atoms with Gasteiger partial charge in [-0.15, -0.1) is 0 Å². The zero-order valence-electron chi connectivity index (χ0n) is 10.5. The molecule has 0 atom stereocenters. The van der Waals surface area contributed by atoms with Crippen LogP contribution in [0.15, 0.2) is 24.3 Å². The summed E-state index contributed by atoms with van der Waals surface area (Å²) in [5.74, 6) is 0.00201. The van der Waals surface area contributed by atoms with Crippen LogP contribution in [-0.4, -0.2) is 21.0 Å². The van der Waals surface area contributed by atoms with Gasteiger partial charge in [0.05, 0.1) is 12.1 Å². The number of nitrogens with zero attached hydrogens (tertiary/aromatic N) is 1. The Bertz CT molecular complexity index is 556. The van der Waals surface area contributed by atoms with E-state index in [-0.39, 0.29) is 6.42 Å². The smallest absolute Gasteiger partial charge is 0.303 e. The molecule has 2 rings (SSSR count). The van der Waals surface area contributed by atoms with E-state index in [1.807, 2.05) is 38.1 Å². The molecule has 0 fully saturated rings. The molecule has 4 nitrogen and oxygen atoms in total. The molecule has 0 spiro atoms. The highest BCUT2D eigenvalue weighted by molar-refractivity contribution is 5.67. The third kappa shape index (κ3) is 2.77. The second kappa shape index (κ2) is 5.04. The van der Waals surface area contributed by atoms with Gasteiger partial charge in [0, 0.05) is 17.7 Å². The van der Waals surface area contributed by atoms with Crippen LogP contribution in [0, 0.1) is 13.8 Å². The van der Waals surface area contributed by atoms with Crippen LogP contribution in [0.1, 0.15) is 23.4 Å². The van der Waals surface area contributed by atoms with Crippen LogP contribution in [0.4, 0.5) is 0 Å². The topological polar surface area (TPSA) is 66.0 Å². The second-order valence-corrected chi connectivity index (χ2v) is 4.42. The van der Waals surface area contributed by atoms with Gasteiger partial charge in [-0.25, -0.2) is 4.98 Å². The summed E-state index contributed by atoms with van der Waals surface area (Å²) in [6.45, 7) is 3.96. The molecule has 2 N–H and O–H groups in total. The molecule has 1 aromatic heterocycles. The average molecular weight is 244 g/mol. The highest BCUT2D eigenvalue weighted by Crippen LogP contribution is 2.19. The summed E-state index contributed by atoms with van der Waals surface area (Å²) in [4.78, 5) is 18.2. The number of benzene rings is 1. The summed E-state index contributed by atoms with van der Waals surface area (Å²) in [6, 6.07) is 8.08. The molecule has 0 aliphatic rings. The Morgan fingerprint density at radius 1 is 1.28 bits per heavy atom. The molecule has 0 aliphatic carbocycles. The number of aromatic amines is 1. The van der Waals surface area contributed by atoms with E-state index >= 15 is 0 Å². The number of imidazole rings is 1. The van der Waals surface area contributed by atoms with E-state index in [1.165, 1.54) is 5.56 Å². The van der Waals surface area contributed by atoms with Gasteiger partial charge < -0.3 is 10.1 Å². The quantitative estimate of drug-likeness (QED) is 0.869. The Labute approximate surface area is 106 Å². The van der Waals surface area contributed by atoms with Crippen molar-refractivity contribution in [1.29, 1.82) is 0 Å². The van der Waals surface area contributed by atoms with Crippen LogP contribution in [0.25, 0.3) is 11.4 Å². The first kappa shape index (κ1) is 12.4. The SMILES string of the molecule is Cc1ccc(-c2nc(CCC(=O)O)c(C)[nH]2)cc1. The van der Waals surface area contributed by atoms with Gasteiger partial charge in [0.15, 0.2) is 0 Å². The van der Waals surface area contributed by atoms with E-state index in [2.05, 4.69) is 9.97 Å². The third-order valence-electron chi connectivity index (χ3n) is 2.89. The van der Waals surface area contributed by atoms with Crippen LogP contribution in [0.3, 0.4) is 0 Å². The van der Waals surface area contributed by atoms with Crippen molar-refractivity contribution in [1.82, 2.24) is 9.97 Å². The fraction of sp³-hybridized carbons (Fsp3) is 0.286. The Morgan fingerprint density at radius 3 is 2.56 bits per heavy atom. The number of aromatic nitrogens is 2. The maximum absolute atomic E-state index is 10.6. The lowest BCUT2D eigenvalue weighted by molar-refractivity contribution is -0.136. The van der Waals surface area contributed by atoms with Crippen molar-refractivity contribution in [3.8, 4) is 11.4 Å². The molecule has 1 aromatic carbocycles. The third-order valence-corrected chi connectivity index (χ3v) is 2.89. The standard InChI is InChI=1S/C14H16N2O2/c1-9-3-5-11(6-4-9)14-15-10(2)12(16-14)7-8-13(17)18/h3-6H,7-8H2,1-2H3,(H,15,16)(H,17,18). The summed E-state index contributed by atoms with van der Waals surface area (Å²) < 4.78 is 0. The number of aliphatic carboxylic acids is 1. The molecule has 0 saturated carbocycles. The Kier molecular flexibility index (Phi) is 3.46. The van der Waals surface area contributed by atoms with Crippen LogP contribution in [-0.2, 0) is 11.2 Å². The first-order valence-corrected chi connectivity index (χ1v) is 5.90. The van der Waals surface area contributed by atoms with Crippen molar-refractivity contribution in [2.75, 3.05) is 0 Å². The van der Waals surface area contributed by atoms with Gasteiger partial charge in [0.2, 0.25) is 0 Å². The molecule has 0 amide bonds. The van der Waals surface area contributed by atoms with Crippen LogP contribution in [0.2, 0.25) is 0 Å². The largest absolute Gasteiger partial charge is 0.481 e. The highest BCUT2D eigenvalue weighted by Gasteiger charge is 2.09. The molecule has 0 saturated heterocycles. The predicted molar refractivity (Wildman–Crippen MR) is 69.5 cm³/mol. The minimum absolute atomic E-state index is 0.110. The molecular formula is C14H16N2O2. The molecule has 18 heavy (non-hydrogen) atoms. The summed E-state index contributed by atoms with van der Waals surface area (Å²) >= 11 is 0. The van der Waals surface area contributed by atoms with Crippen LogP contribution in [0.5, 0.6) is 0 Å². The van der Waals surface area contributed by atoms with E-state index in [1.54, 1.807) is 0 Å². The fourth-order valence-electron chi connectivity index (χ4n) is 1.81. The molecular weight excluding hydrogens is 228 g/mol. The first-order chi connectivity index (χ1) is 8.56. The van der Waals surface area contributed by atoms with Crippen LogP contribution >= 0.6 is 0 Å². The molecule has 0 radical (unpaired) electrons. The van der Waals surface area contributed by atoms with Crippen molar-refractivity contribution in [3.63, 3.8) is 0 Å². The van der Waals surface area contributed by atoms with Gasteiger partial charge in [0.1, 0.15) is 5.82 Å². The monoisotopic (exact) mass is 244 g/mol. The summed E-state index contributed by atoms with van der Waals surface area (Å²) in [6.07, 6.45) is 0.572. The lowest BCUT2D eigenvalue weighted by Crippen LogP contribution is -1.98. The van der Waals surface area contributed by atoms with Crippen molar-refractivity contribution in [3.05, 3.63) is 41.2 Å². The number of carboxylic acid groups (broad SMARTS) is 1. The zero-order chi connectivity index (χ0) is 13.1. The van der Waals surface area contributed by atoms with Crippen molar-refractivity contribution < 1.29 is 9.90 Å². The zero-order valence-corrected chi connectivity index (χ0v) is 10.5. The van der Waals surface area contributed by atoms with Gasteiger partial charge in [0.25, 0.3) is 0 Å². The average Bonchev–Trinajstić information content (AvgIpc) is 2.69. The maximum Gasteiger partial charge on any atom is 0.303 e.